The molecule has 1 heterocycles. The molecular weight excluding hydrogens is 376 g/mol. The molecule has 8 heteroatoms. The normalized spacial score (nSPS) is 11.3. The SMILES string of the molecule is CCCCCCCOc1ccc(N=Nc2nc3ccc([N+](=O)[O-])cc3s2)cc1. The van der Waals surface area contributed by atoms with Crippen LogP contribution in [0.3, 0.4) is 0 Å². The number of thiazole rings is 1. The topological polar surface area (TPSA) is 90.0 Å². The van der Waals surface area contributed by atoms with Gasteiger partial charge in [-0.2, -0.15) is 0 Å². The van der Waals surface area contributed by atoms with Crippen molar-refractivity contribution < 1.29 is 9.66 Å². The molecule has 146 valence electrons. The van der Waals surface area contributed by atoms with Gasteiger partial charge in [-0.15, -0.1) is 10.2 Å². The van der Waals surface area contributed by atoms with Gasteiger partial charge in [-0.05, 0) is 36.8 Å². The molecule has 1 aromatic heterocycles. The highest BCUT2D eigenvalue weighted by atomic mass is 32.1. The average Bonchev–Trinajstić information content (AvgIpc) is 3.12. The minimum atomic E-state index is -0.421. The summed E-state index contributed by atoms with van der Waals surface area (Å²) < 4.78 is 6.45. The number of benzene rings is 2. The predicted molar refractivity (Wildman–Crippen MR) is 111 cm³/mol. The number of nitrogens with zero attached hydrogens (tertiary/aromatic N) is 4. The Bertz CT molecular complexity index is 954. The summed E-state index contributed by atoms with van der Waals surface area (Å²) in [6, 6.07) is 12.0. The summed E-state index contributed by atoms with van der Waals surface area (Å²) in [4.78, 5) is 14.8. The molecule has 0 amide bonds. The second-order valence-electron chi connectivity index (χ2n) is 6.36. The lowest BCUT2D eigenvalue weighted by Gasteiger charge is -2.05. The summed E-state index contributed by atoms with van der Waals surface area (Å²) >= 11 is 1.27. The average molecular weight is 398 g/mol. The molecule has 0 fully saturated rings. The van der Waals surface area contributed by atoms with Gasteiger partial charge < -0.3 is 4.74 Å². The molecule has 0 aliphatic carbocycles. The van der Waals surface area contributed by atoms with Crippen LogP contribution in [0.15, 0.2) is 52.7 Å². The molecule has 0 atom stereocenters. The largest absolute Gasteiger partial charge is 0.494 e. The van der Waals surface area contributed by atoms with Gasteiger partial charge in [-0.1, -0.05) is 43.9 Å². The highest BCUT2D eigenvalue weighted by Crippen LogP contribution is 2.32. The van der Waals surface area contributed by atoms with Gasteiger partial charge in [0, 0.05) is 12.1 Å². The van der Waals surface area contributed by atoms with Gasteiger partial charge in [0.05, 0.1) is 27.4 Å². The molecule has 0 radical (unpaired) electrons. The van der Waals surface area contributed by atoms with Crippen molar-refractivity contribution in [3.8, 4) is 5.75 Å². The standard InChI is InChI=1S/C20H22N4O3S/c1-2-3-4-5-6-13-27-17-10-7-15(8-11-17)22-23-20-21-18-12-9-16(24(25)26)14-19(18)28-20/h7-12,14H,2-6,13H2,1H3. The zero-order chi connectivity index (χ0) is 19.8. The van der Waals surface area contributed by atoms with E-state index in [2.05, 4.69) is 22.1 Å². The monoisotopic (exact) mass is 398 g/mol. The second-order valence-corrected chi connectivity index (χ2v) is 7.37. The fourth-order valence-electron chi connectivity index (χ4n) is 2.66. The summed E-state index contributed by atoms with van der Waals surface area (Å²) in [6.07, 6.45) is 6.06. The van der Waals surface area contributed by atoms with E-state index >= 15 is 0 Å². The number of nitro groups is 1. The van der Waals surface area contributed by atoms with Crippen LogP contribution < -0.4 is 4.74 Å². The molecule has 0 saturated carbocycles. The van der Waals surface area contributed by atoms with Crippen LogP contribution in [0, 0.1) is 10.1 Å². The highest BCUT2D eigenvalue weighted by molar-refractivity contribution is 7.21. The maximum absolute atomic E-state index is 10.9. The number of aromatic nitrogens is 1. The van der Waals surface area contributed by atoms with Crippen LogP contribution >= 0.6 is 11.3 Å². The van der Waals surface area contributed by atoms with Gasteiger partial charge >= 0.3 is 0 Å². The minimum absolute atomic E-state index is 0.0422. The highest BCUT2D eigenvalue weighted by Gasteiger charge is 2.10. The van der Waals surface area contributed by atoms with Crippen molar-refractivity contribution in [2.45, 2.75) is 39.0 Å². The van der Waals surface area contributed by atoms with Crippen LogP contribution in [0.1, 0.15) is 39.0 Å². The third-order valence-electron chi connectivity index (χ3n) is 4.18. The van der Waals surface area contributed by atoms with Crippen molar-refractivity contribution in [2.24, 2.45) is 10.2 Å². The van der Waals surface area contributed by atoms with E-state index in [9.17, 15) is 10.1 Å². The number of nitro benzene ring substituents is 1. The first-order chi connectivity index (χ1) is 13.7. The van der Waals surface area contributed by atoms with Crippen LogP contribution in [0.2, 0.25) is 0 Å². The van der Waals surface area contributed by atoms with E-state index in [-0.39, 0.29) is 5.69 Å². The molecule has 3 aromatic rings. The Kier molecular flexibility index (Phi) is 7.02. The summed E-state index contributed by atoms with van der Waals surface area (Å²) in [5, 5.41) is 19.6. The Morgan fingerprint density at radius 3 is 2.61 bits per heavy atom. The van der Waals surface area contributed by atoms with E-state index in [1.54, 1.807) is 6.07 Å². The molecule has 0 unspecified atom stereocenters. The molecule has 0 bridgehead atoms. The Morgan fingerprint density at radius 2 is 1.86 bits per heavy atom. The van der Waals surface area contributed by atoms with E-state index in [0.717, 1.165) is 18.8 Å². The van der Waals surface area contributed by atoms with Crippen molar-refractivity contribution in [1.29, 1.82) is 0 Å². The summed E-state index contributed by atoms with van der Waals surface area (Å²) in [6.45, 7) is 2.93. The lowest BCUT2D eigenvalue weighted by Crippen LogP contribution is -1.96. The van der Waals surface area contributed by atoms with E-state index < -0.39 is 4.92 Å². The molecule has 0 saturated heterocycles. The van der Waals surface area contributed by atoms with Gasteiger partial charge in [-0.25, -0.2) is 4.98 Å². The molecule has 28 heavy (non-hydrogen) atoms. The lowest BCUT2D eigenvalue weighted by molar-refractivity contribution is -0.384. The molecule has 0 aliphatic heterocycles. The fraction of sp³-hybridized carbons (Fsp3) is 0.350. The first-order valence-electron chi connectivity index (χ1n) is 9.35. The molecule has 3 rings (SSSR count). The number of ether oxygens (including phenoxy) is 1. The number of azo groups is 1. The van der Waals surface area contributed by atoms with Crippen LogP contribution in [0.25, 0.3) is 10.2 Å². The van der Waals surface area contributed by atoms with Crippen LogP contribution in [-0.2, 0) is 0 Å². The van der Waals surface area contributed by atoms with Crippen molar-refractivity contribution in [2.75, 3.05) is 6.61 Å². The zero-order valence-corrected chi connectivity index (χ0v) is 16.5. The van der Waals surface area contributed by atoms with Crippen molar-refractivity contribution >= 4 is 38.1 Å². The van der Waals surface area contributed by atoms with E-state index in [1.807, 2.05) is 24.3 Å². The summed E-state index contributed by atoms with van der Waals surface area (Å²) in [5.41, 5.74) is 1.41. The number of hydrogen-bond donors (Lipinski definition) is 0. The minimum Gasteiger partial charge on any atom is -0.494 e. The van der Waals surface area contributed by atoms with Crippen LogP contribution in [-0.4, -0.2) is 16.5 Å². The van der Waals surface area contributed by atoms with Gasteiger partial charge in [0.1, 0.15) is 5.75 Å². The molecule has 2 aromatic carbocycles. The number of fused-ring (bicyclic) bond motifs is 1. The smallest absolute Gasteiger partial charge is 0.270 e. The Morgan fingerprint density at radius 1 is 1.07 bits per heavy atom. The third kappa shape index (κ3) is 5.56. The first-order valence-corrected chi connectivity index (χ1v) is 10.2. The van der Waals surface area contributed by atoms with Gasteiger partial charge in [0.25, 0.3) is 5.69 Å². The quantitative estimate of drug-likeness (QED) is 0.160. The predicted octanol–water partition coefficient (Wildman–Crippen LogP) is 6.97. The third-order valence-corrected chi connectivity index (χ3v) is 5.08. The second kappa shape index (κ2) is 9.89. The summed E-state index contributed by atoms with van der Waals surface area (Å²) in [5.74, 6) is 0.821. The van der Waals surface area contributed by atoms with Crippen molar-refractivity contribution in [3.05, 3.63) is 52.6 Å². The van der Waals surface area contributed by atoms with Crippen LogP contribution in [0.4, 0.5) is 16.5 Å². The first kappa shape index (κ1) is 19.9. The fourth-order valence-corrected chi connectivity index (χ4v) is 3.48. The molecule has 0 N–H and O–H groups in total. The van der Waals surface area contributed by atoms with Crippen molar-refractivity contribution in [1.82, 2.24) is 4.98 Å². The number of unbranched alkanes of at least 4 members (excludes halogenated alkanes) is 4. The Balaban J connectivity index is 1.55. The molecule has 7 nitrogen and oxygen atoms in total. The number of rotatable bonds is 10. The molecular formula is C20H22N4O3S. The Hall–Kier alpha value is -2.87. The number of hydrogen-bond acceptors (Lipinski definition) is 7. The number of non-ortho nitro benzene ring substituents is 1. The summed E-state index contributed by atoms with van der Waals surface area (Å²) in [7, 11) is 0. The maximum atomic E-state index is 10.9. The van der Waals surface area contributed by atoms with Gasteiger partial charge in [0.2, 0.25) is 5.13 Å². The Labute approximate surface area is 167 Å². The lowest BCUT2D eigenvalue weighted by atomic mass is 10.2. The van der Waals surface area contributed by atoms with Gasteiger partial charge in [0.15, 0.2) is 0 Å². The molecule has 0 spiro atoms. The van der Waals surface area contributed by atoms with E-state index in [4.69, 9.17) is 4.74 Å². The van der Waals surface area contributed by atoms with Crippen molar-refractivity contribution in [3.63, 3.8) is 0 Å². The van der Waals surface area contributed by atoms with E-state index in [0.29, 0.717) is 21.0 Å². The van der Waals surface area contributed by atoms with E-state index in [1.165, 1.54) is 49.2 Å². The van der Waals surface area contributed by atoms with Crippen LogP contribution in [0.5, 0.6) is 5.75 Å². The maximum Gasteiger partial charge on any atom is 0.270 e. The molecule has 0 aliphatic rings. The van der Waals surface area contributed by atoms with Gasteiger partial charge in [-0.3, -0.25) is 10.1 Å². The zero-order valence-electron chi connectivity index (χ0n) is 15.7.